The highest BCUT2D eigenvalue weighted by Crippen LogP contribution is 2.31. The zero-order valence-corrected chi connectivity index (χ0v) is 13.8. The third kappa shape index (κ3) is 4.18. The lowest BCUT2D eigenvalue weighted by Crippen LogP contribution is -2.28. The van der Waals surface area contributed by atoms with Gasteiger partial charge in [-0.3, -0.25) is 0 Å². The van der Waals surface area contributed by atoms with E-state index in [4.69, 9.17) is 4.74 Å². The third-order valence-corrected chi connectivity index (χ3v) is 6.38. The maximum Gasteiger partial charge on any atom is 0.181 e. The van der Waals surface area contributed by atoms with Crippen LogP contribution in [0.15, 0.2) is 29.2 Å². The summed E-state index contributed by atoms with van der Waals surface area (Å²) >= 11 is 4.43. The first kappa shape index (κ1) is 16.3. The molecular formula is C16H20O3S2. The van der Waals surface area contributed by atoms with E-state index in [9.17, 15) is 8.42 Å². The van der Waals surface area contributed by atoms with Gasteiger partial charge in [0.05, 0.1) is 10.1 Å². The fraction of sp³-hybridized carbons (Fsp3) is 0.500. The van der Waals surface area contributed by atoms with Crippen LogP contribution in [0.4, 0.5) is 0 Å². The van der Waals surface area contributed by atoms with Crippen LogP contribution >= 0.6 is 12.6 Å². The summed E-state index contributed by atoms with van der Waals surface area (Å²) in [5.41, 5.74) is 0. The molecule has 0 spiro atoms. The van der Waals surface area contributed by atoms with Gasteiger partial charge in [-0.15, -0.1) is 5.92 Å². The molecule has 1 fully saturated rings. The minimum atomic E-state index is -3.27. The Kier molecular flexibility index (Phi) is 5.60. The standard InChI is InChI=1S/C16H20O3S2/c1-2-3-11-19-13-7-9-15(10-8-13)21(17,18)16-6-4-5-14(20)12-16/h7-10,14,16,20H,4-6,11-12H2,1H3/t14-,16-/m1/s1. The molecule has 3 nitrogen and oxygen atoms in total. The molecule has 0 saturated heterocycles. The molecule has 1 saturated carbocycles. The van der Waals surface area contributed by atoms with Crippen molar-refractivity contribution in [3.8, 4) is 17.6 Å². The molecule has 1 aromatic rings. The summed E-state index contributed by atoms with van der Waals surface area (Å²) in [6.45, 7) is 2.06. The van der Waals surface area contributed by atoms with Crippen LogP contribution in [-0.2, 0) is 9.84 Å². The molecule has 0 radical (unpaired) electrons. The van der Waals surface area contributed by atoms with Crippen LogP contribution in [0.25, 0.3) is 0 Å². The minimum absolute atomic E-state index is 0.189. The van der Waals surface area contributed by atoms with Crippen LogP contribution in [-0.4, -0.2) is 25.5 Å². The number of thiol groups is 1. The Bertz CT molecular complexity index is 624. The molecule has 21 heavy (non-hydrogen) atoms. The predicted molar refractivity (Wildman–Crippen MR) is 87.6 cm³/mol. The van der Waals surface area contributed by atoms with Gasteiger partial charge in [0.25, 0.3) is 0 Å². The van der Waals surface area contributed by atoms with Crippen LogP contribution in [0.2, 0.25) is 0 Å². The van der Waals surface area contributed by atoms with Gasteiger partial charge in [0.2, 0.25) is 0 Å². The smallest absolute Gasteiger partial charge is 0.181 e. The molecule has 1 aliphatic carbocycles. The van der Waals surface area contributed by atoms with Crippen LogP contribution < -0.4 is 4.74 Å². The second-order valence-corrected chi connectivity index (χ2v) is 8.13. The van der Waals surface area contributed by atoms with Crippen LogP contribution in [0.5, 0.6) is 5.75 Å². The molecule has 5 heteroatoms. The lowest BCUT2D eigenvalue weighted by Gasteiger charge is -2.26. The summed E-state index contributed by atoms with van der Waals surface area (Å²) in [5, 5.41) is -0.125. The van der Waals surface area contributed by atoms with Crippen LogP contribution in [0.3, 0.4) is 0 Å². The molecule has 1 aliphatic rings. The van der Waals surface area contributed by atoms with Gasteiger partial charge in [0.1, 0.15) is 12.4 Å². The van der Waals surface area contributed by atoms with Gasteiger partial charge in [0.15, 0.2) is 9.84 Å². The van der Waals surface area contributed by atoms with Crippen molar-refractivity contribution in [2.75, 3.05) is 6.61 Å². The molecule has 0 bridgehead atoms. The summed E-state index contributed by atoms with van der Waals surface area (Å²) in [5.74, 6) is 6.17. The topological polar surface area (TPSA) is 43.4 Å². The van der Waals surface area contributed by atoms with Gasteiger partial charge in [-0.2, -0.15) is 12.6 Å². The zero-order chi connectivity index (χ0) is 15.3. The molecule has 0 unspecified atom stereocenters. The van der Waals surface area contributed by atoms with Gasteiger partial charge in [-0.05, 0) is 50.5 Å². The van der Waals surface area contributed by atoms with Gasteiger partial charge >= 0.3 is 0 Å². The number of hydrogen-bond acceptors (Lipinski definition) is 4. The average molecular weight is 324 g/mol. The number of sulfone groups is 1. The fourth-order valence-corrected chi connectivity index (χ4v) is 4.95. The van der Waals surface area contributed by atoms with Crippen molar-refractivity contribution in [2.45, 2.75) is 48.0 Å². The van der Waals surface area contributed by atoms with Crippen molar-refractivity contribution < 1.29 is 13.2 Å². The molecule has 0 amide bonds. The van der Waals surface area contributed by atoms with E-state index in [0.717, 1.165) is 19.3 Å². The van der Waals surface area contributed by atoms with Crippen molar-refractivity contribution in [1.29, 1.82) is 0 Å². The van der Waals surface area contributed by atoms with E-state index >= 15 is 0 Å². The minimum Gasteiger partial charge on any atom is -0.481 e. The molecule has 1 aromatic carbocycles. The Labute approximate surface area is 132 Å². The summed E-state index contributed by atoms with van der Waals surface area (Å²) in [6.07, 6.45) is 3.29. The summed E-state index contributed by atoms with van der Waals surface area (Å²) in [4.78, 5) is 0.365. The highest BCUT2D eigenvalue weighted by atomic mass is 32.2. The van der Waals surface area contributed by atoms with E-state index in [-0.39, 0.29) is 10.5 Å². The van der Waals surface area contributed by atoms with Gasteiger partial charge in [0, 0.05) is 5.25 Å². The van der Waals surface area contributed by atoms with Gasteiger partial charge in [-0.25, -0.2) is 8.42 Å². The monoisotopic (exact) mass is 324 g/mol. The van der Waals surface area contributed by atoms with Crippen molar-refractivity contribution in [3.05, 3.63) is 24.3 Å². The normalized spacial score (nSPS) is 22.2. The Morgan fingerprint density at radius 3 is 2.62 bits per heavy atom. The quantitative estimate of drug-likeness (QED) is 0.684. The van der Waals surface area contributed by atoms with Gasteiger partial charge in [-0.1, -0.05) is 12.3 Å². The second kappa shape index (κ2) is 7.24. The van der Waals surface area contributed by atoms with E-state index in [1.54, 1.807) is 31.2 Å². The van der Waals surface area contributed by atoms with Crippen LogP contribution in [0.1, 0.15) is 32.6 Å². The molecule has 0 heterocycles. The third-order valence-electron chi connectivity index (χ3n) is 3.68. The van der Waals surface area contributed by atoms with Crippen molar-refractivity contribution in [1.82, 2.24) is 0 Å². The molecule has 2 atom stereocenters. The molecule has 0 aliphatic heterocycles. The second-order valence-electron chi connectivity index (χ2n) is 5.17. The first-order chi connectivity index (χ1) is 10.0. The zero-order valence-electron chi connectivity index (χ0n) is 12.1. The summed E-state index contributed by atoms with van der Waals surface area (Å²) < 4.78 is 30.6. The Balaban J connectivity index is 2.10. The first-order valence-electron chi connectivity index (χ1n) is 7.08. The SMILES string of the molecule is CC#CCOc1ccc(S(=O)(=O)[C@@H]2CCC[C@@H](S)C2)cc1. The van der Waals surface area contributed by atoms with E-state index in [2.05, 4.69) is 24.5 Å². The van der Waals surface area contributed by atoms with Crippen molar-refractivity contribution >= 4 is 22.5 Å². The summed E-state index contributed by atoms with van der Waals surface area (Å²) in [7, 11) is -3.27. The number of hydrogen-bond donors (Lipinski definition) is 1. The lowest BCUT2D eigenvalue weighted by atomic mass is 10.00. The predicted octanol–water partition coefficient (Wildman–Crippen LogP) is 3.10. The number of benzene rings is 1. The van der Waals surface area contributed by atoms with E-state index in [1.165, 1.54) is 0 Å². The molecule has 114 valence electrons. The summed E-state index contributed by atoms with van der Waals surface area (Å²) in [6, 6.07) is 6.61. The maximum absolute atomic E-state index is 12.6. The fourth-order valence-electron chi connectivity index (χ4n) is 2.51. The highest BCUT2D eigenvalue weighted by molar-refractivity contribution is 7.92. The molecule has 0 N–H and O–H groups in total. The van der Waals surface area contributed by atoms with Crippen molar-refractivity contribution in [2.24, 2.45) is 0 Å². The van der Waals surface area contributed by atoms with E-state index in [1.807, 2.05) is 0 Å². The maximum atomic E-state index is 12.6. The number of ether oxygens (including phenoxy) is 1. The number of rotatable bonds is 4. The molecular weight excluding hydrogens is 304 g/mol. The van der Waals surface area contributed by atoms with Gasteiger partial charge < -0.3 is 4.74 Å². The van der Waals surface area contributed by atoms with E-state index < -0.39 is 9.84 Å². The molecule has 0 aromatic heterocycles. The Morgan fingerprint density at radius 1 is 1.29 bits per heavy atom. The van der Waals surface area contributed by atoms with E-state index in [0.29, 0.717) is 23.7 Å². The Hall–Kier alpha value is -1.12. The Morgan fingerprint density at radius 2 is 2.00 bits per heavy atom. The van der Waals surface area contributed by atoms with Crippen LogP contribution in [0, 0.1) is 11.8 Å². The lowest BCUT2D eigenvalue weighted by molar-refractivity contribution is 0.370. The molecule has 2 rings (SSSR count). The first-order valence-corrected chi connectivity index (χ1v) is 9.14. The average Bonchev–Trinajstić information content (AvgIpc) is 2.48. The highest BCUT2D eigenvalue weighted by Gasteiger charge is 2.31. The largest absolute Gasteiger partial charge is 0.481 e. The van der Waals surface area contributed by atoms with Crippen molar-refractivity contribution in [3.63, 3.8) is 0 Å².